The van der Waals surface area contributed by atoms with E-state index in [1.165, 1.54) is 0 Å². The molecule has 18 heavy (non-hydrogen) atoms. The number of carbonyl (C=O) groups is 2. The summed E-state index contributed by atoms with van der Waals surface area (Å²) in [6, 6.07) is 3.59. The van der Waals surface area contributed by atoms with E-state index < -0.39 is 12.0 Å². The summed E-state index contributed by atoms with van der Waals surface area (Å²) < 4.78 is 0. The van der Waals surface area contributed by atoms with Crippen molar-refractivity contribution >= 4 is 40.8 Å². The molecule has 0 radical (unpaired) electrons. The number of hydrogen-bond donors (Lipinski definition) is 3. The zero-order valence-electron chi connectivity index (χ0n) is 9.32. The van der Waals surface area contributed by atoms with Gasteiger partial charge in [-0.25, -0.2) is 0 Å². The Morgan fingerprint density at radius 3 is 2.33 bits per heavy atom. The van der Waals surface area contributed by atoms with E-state index >= 15 is 0 Å². The number of anilines is 1. The molecule has 0 aliphatic rings. The average molecular weight is 291 g/mol. The number of amides is 1. The summed E-state index contributed by atoms with van der Waals surface area (Å²) in [4.78, 5) is 22.0. The first-order valence-electron chi connectivity index (χ1n) is 5.13. The highest BCUT2D eigenvalue weighted by molar-refractivity contribution is 6.35. The van der Waals surface area contributed by atoms with Gasteiger partial charge in [0.15, 0.2) is 0 Å². The molecule has 0 aromatic heterocycles. The lowest BCUT2D eigenvalue weighted by Gasteiger charge is -2.08. The van der Waals surface area contributed by atoms with E-state index in [1.807, 2.05) is 0 Å². The van der Waals surface area contributed by atoms with Gasteiger partial charge in [-0.3, -0.25) is 9.59 Å². The summed E-state index contributed by atoms with van der Waals surface area (Å²) in [6.07, 6.45) is 0.0765. The van der Waals surface area contributed by atoms with Gasteiger partial charge in [-0.15, -0.1) is 0 Å². The molecule has 0 aliphatic heterocycles. The molecule has 7 heteroatoms. The molecule has 1 amide bonds. The zero-order valence-corrected chi connectivity index (χ0v) is 10.8. The number of halogens is 2. The molecule has 0 saturated heterocycles. The van der Waals surface area contributed by atoms with Crippen molar-refractivity contribution in [2.24, 2.45) is 5.73 Å². The van der Waals surface area contributed by atoms with Gasteiger partial charge in [0.05, 0.1) is 0 Å². The Morgan fingerprint density at radius 1 is 1.28 bits per heavy atom. The fourth-order valence-electron chi connectivity index (χ4n) is 1.26. The van der Waals surface area contributed by atoms with Crippen molar-refractivity contribution in [3.8, 4) is 0 Å². The highest BCUT2D eigenvalue weighted by Gasteiger charge is 2.13. The third kappa shape index (κ3) is 4.91. The molecule has 1 atom stereocenters. The van der Waals surface area contributed by atoms with Gasteiger partial charge in [0.1, 0.15) is 6.04 Å². The topological polar surface area (TPSA) is 92.4 Å². The van der Waals surface area contributed by atoms with Crippen LogP contribution in [-0.4, -0.2) is 23.0 Å². The number of aliphatic carboxylic acids is 1. The summed E-state index contributed by atoms with van der Waals surface area (Å²) >= 11 is 11.5. The molecule has 0 spiro atoms. The molecule has 1 aromatic carbocycles. The molecule has 0 saturated carbocycles. The summed E-state index contributed by atoms with van der Waals surface area (Å²) in [5, 5.41) is 11.9. The Hall–Kier alpha value is -1.30. The third-order valence-electron chi connectivity index (χ3n) is 2.15. The summed E-state index contributed by atoms with van der Waals surface area (Å²) in [5.74, 6) is -1.47. The molecule has 1 rings (SSSR count). The number of rotatable bonds is 5. The molecule has 5 nitrogen and oxygen atoms in total. The van der Waals surface area contributed by atoms with Crippen molar-refractivity contribution in [3.05, 3.63) is 28.2 Å². The first-order chi connectivity index (χ1) is 8.38. The van der Waals surface area contributed by atoms with E-state index in [2.05, 4.69) is 5.32 Å². The molecule has 0 fully saturated rings. The van der Waals surface area contributed by atoms with Crippen LogP contribution >= 0.6 is 23.2 Å². The lowest BCUT2D eigenvalue weighted by Crippen LogP contribution is -2.31. The van der Waals surface area contributed by atoms with Gasteiger partial charge < -0.3 is 16.2 Å². The monoisotopic (exact) mass is 290 g/mol. The molecular formula is C11H12Cl2N2O3. The minimum absolute atomic E-state index is 0.0115. The Morgan fingerprint density at radius 2 is 1.83 bits per heavy atom. The molecule has 4 N–H and O–H groups in total. The van der Waals surface area contributed by atoms with E-state index in [1.54, 1.807) is 18.2 Å². The Labute approximate surface area is 114 Å². The first-order valence-corrected chi connectivity index (χ1v) is 5.88. The van der Waals surface area contributed by atoms with Gasteiger partial charge in [0, 0.05) is 22.2 Å². The molecule has 0 aliphatic carbocycles. The van der Waals surface area contributed by atoms with Gasteiger partial charge in [-0.2, -0.15) is 0 Å². The Balaban J connectivity index is 2.52. The van der Waals surface area contributed by atoms with Crippen molar-refractivity contribution in [1.29, 1.82) is 0 Å². The van der Waals surface area contributed by atoms with Crippen LogP contribution in [0.15, 0.2) is 18.2 Å². The van der Waals surface area contributed by atoms with Gasteiger partial charge in [-0.05, 0) is 24.6 Å². The fraction of sp³-hybridized carbons (Fsp3) is 0.273. The molecule has 1 aromatic rings. The third-order valence-corrected chi connectivity index (χ3v) is 2.58. The maximum absolute atomic E-state index is 11.5. The number of nitrogens with one attached hydrogen (secondary N) is 1. The predicted octanol–water partition coefficient (Wildman–Crippen LogP) is 2.12. The lowest BCUT2D eigenvalue weighted by atomic mass is 10.1. The lowest BCUT2D eigenvalue weighted by molar-refractivity contribution is -0.138. The van der Waals surface area contributed by atoms with Gasteiger partial charge in [-0.1, -0.05) is 23.2 Å². The van der Waals surface area contributed by atoms with Gasteiger partial charge in [0.25, 0.3) is 0 Å². The van der Waals surface area contributed by atoms with Crippen LogP contribution in [0.25, 0.3) is 0 Å². The number of carbonyl (C=O) groups excluding carboxylic acids is 1. The maximum atomic E-state index is 11.5. The number of carboxylic acids is 1. The van der Waals surface area contributed by atoms with E-state index in [9.17, 15) is 9.59 Å². The number of benzene rings is 1. The maximum Gasteiger partial charge on any atom is 0.320 e. The second-order valence-corrected chi connectivity index (χ2v) is 4.56. The molecule has 0 bridgehead atoms. The highest BCUT2D eigenvalue weighted by Crippen LogP contribution is 2.22. The fourth-order valence-corrected chi connectivity index (χ4v) is 1.79. The molecule has 0 heterocycles. The van der Waals surface area contributed by atoms with Crippen LogP contribution < -0.4 is 11.1 Å². The quantitative estimate of drug-likeness (QED) is 0.774. The molecule has 0 unspecified atom stereocenters. The van der Waals surface area contributed by atoms with E-state index in [-0.39, 0.29) is 18.7 Å². The summed E-state index contributed by atoms with van der Waals surface area (Å²) in [6.45, 7) is 0. The SMILES string of the molecule is N[C@@H](CCC(=O)Nc1cc(Cl)cc(Cl)c1)C(=O)O. The van der Waals surface area contributed by atoms with Crippen molar-refractivity contribution in [2.75, 3.05) is 5.32 Å². The second kappa shape index (κ2) is 6.58. The van der Waals surface area contributed by atoms with E-state index in [0.29, 0.717) is 15.7 Å². The standard InChI is InChI=1S/C11H12Cl2N2O3/c12-6-3-7(13)5-8(4-6)15-10(16)2-1-9(14)11(17)18/h3-5,9H,1-2,14H2,(H,15,16)(H,17,18)/t9-/m0/s1. The predicted molar refractivity (Wildman–Crippen MR) is 69.9 cm³/mol. The van der Waals surface area contributed by atoms with Crippen LogP contribution in [0.3, 0.4) is 0 Å². The van der Waals surface area contributed by atoms with Crippen LogP contribution in [0.5, 0.6) is 0 Å². The number of hydrogen-bond acceptors (Lipinski definition) is 3. The minimum Gasteiger partial charge on any atom is -0.480 e. The Kier molecular flexibility index (Phi) is 5.40. The van der Waals surface area contributed by atoms with Crippen LogP contribution in [0, 0.1) is 0 Å². The van der Waals surface area contributed by atoms with Crippen LogP contribution in [0.1, 0.15) is 12.8 Å². The second-order valence-electron chi connectivity index (χ2n) is 3.69. The summed E-state index contributed by atoms with van der Waals surface area (Å²) in [5.41, 5.74) is 5.74. The minimum atomic E-state index is -1.13. The normalized spacial score (nSPS) is 11.9. The zero-order chi connectivity index (χ0) is 13.7. The van der Waals surface area contributed by atoms with E-state index in [0.717, 1.165) is 0 Å². The van der Waals surface area contributed by atoms with Crippen LogP contribution in [0.4, 0.5) is 5.69 Å². The van der Waals surface area contributed by atoms with Crippen molar-refractivity contribution in [3.63, 3.8) is 0 Å². The molecule has 98 valence electrons. The van der Waals surface area contributed by atoms with Crippen molar-refractivity contribution in [1.82, 2.24) is 0 Å². The van der Waals surface area contributed by atoms with Gasteiger partial charge >= 0.3 is 5.97 Å². The number of carboxylic acid groups (broad SMARTS) is 1. The highest BCUT2D eigenvalue weighted by atomic mass is 35.5. The van der Waals surface area contributed by atoms with Crippen molar-refractivity contribution < 1.29 is 14.7 Å². The largest absolute Gasteiger partial charge is 0.480 e. The van der Waals surface area contributed by atoms with Crippen LogP contribution in [0.2, 0.25) is 10.0 Å². The Bertz CT molecular complexity index is 445. The van der Waals surface area contributed by atoms with Crippen LogP contribution in [-0.2, 0) is 9.59 Å². The van der Waals surface area contributed by atoms with Gasteiger partial charge in [0.2, 0.25) is 5.91 Å². The number of nitrogens with two attached hydrogens (primary N) is 1. The summed E-state index contributed by atoms with van der Waals surface area (Å²) in [7, 11) is 0. The van der Waals surface area contributed by atoms with E-state index in [4.69, 9.17) is 34.0 Å². The first kappa shape index (κ1) is 14.8. The molecular weight excluding hydrogens is 279 g/mol. The smallest absolute Gasteiger partial charge is 0.320 e. The van der Waals surface area contributed by atoms with Crippen molar-refractivity contribution in [2.45, 2.75) is 18.9 Å². The average Bonchev–Trinajstić information content (AvgIpc) is 2.24.